The van der Waals surface area contributed by atoms with Gasteiger partial charge in [-0.25, -0.2) is 4.98 Å². The van der Waals surface area contributed by atoms with Crippen LogP contribution in [0.15, 0.2) is 58.4 Å². The largest absolute Gasteiger partial charge is 0.496 e. The molecule has 0 N–H and O–H groups in total. The van der Waals surface area contributed by atoms with E-state index in [1.165, 1.54) is 4.68 Å². The number of rotatable bonds is 7. The number of para-hydroxylation sites is 1. The first-order valence-electron chi connectivity index (χ1n) is 11.6. The number of ether oxygens (including phenoxy) is 2. The molecule has 1 heterocycles. The van der Waals surface area contributed by atoms with E-state index < -0.39 is 0 Å². The second-order valence-electron chi connectivity index (χ2n) is 8.68. The van der Waals surface area contributed by atoms with Crippen molar-refractivity contribution in [2.45, 2.75) is 26.7 Å². The van der Waals surface area contributed by atoms with Crippen LogP contribution in [0.25, 0.3) is 22.3 Å². The summed E-state index contributed by atoms with van der Waals surface area (Å²) in [6.45, 7) is 6.39. The van der Waals surface area contributed by atoms with E-state index in [9.17, 15) is 4.79 Å². The first-order valence-corrected chi connectivity index (χ1v) is 13.7. The molecule has 4 aromatic rings. The fourth-order valence-electron chi connectivity index (χ4n) is 4.00. The molecular formula is C29H25I2N3O3. The van der Waals surface area contributed by atoms with Crippen LogP contribution in [-0.2, 0) is 0 Å². The summed E-state index contributed by atoms with van der Waals surface area (Å²) >= 11 is 4.42. The Kier molecular flexibility index (Phi) is 8.54. The predicted octanol–water partition coefficient (Wildman–Crippen LogP) is 6.61. The van der Waals surface area contributed by atoms with Crippen LogP contribution in [0.5, 0.6) is 11.5 Å². The summed E-state index contributed by atoms with van der Waals surface area (Å²) in [6.07, 6.45) is 7.01. The summed E-state index contributed by atoms with van der Waals surface area (Å²) in [6, 6.07) is 15.2. The molecule has 6 nitrogen and oxygen atoms in total. The van der Waals surface area contributed by atoms with Gasteiger partial charge in [0.05, 0.1) is 31.4 Å². The Labute approximate surface area is 243 Å². The van der Waals surface area contributed by atoms with Crippen molar-refractivity contribution < 1.29 is 9.47 Å². The molecule has 0 unspecified atom stereocenters. The van der Waals surface area contributed by atoms with Gasteiger partial charge in [-0.3, -0.25) is 4.79 Å². The average Bonchev–Trinajstić information content (AvgIpc) is 2.87. The van der Waals surface area contributed by atoms with Gasteiger partial charge in [-0.05, 0) is 111 Å². The number of hydrogen-bond donors (Lipinski definition) is 0. The molecule has 0 aliphatic heterocycles. The number of terminal acetylenes is 1. The van der Waals surface area contributed by atoms with E-state index in [2.05, 4.69) is 70.1 Å². The van der Waals surface area contributed by atoms with Crippen molar-refractivity contribution >= 4 is 62.3 Å². The molecule has 0 saturated heterocycles. The number of halogens is 2. The molecule has 0 bridgehead atoms. The number of methoxy groups -OCH3 is 1. The van der Waals surface area contributed by atoms with Crippen molar-refractivity contribution in [3.63, 3.8) is 0 Å². The fourth-order valence-corrected chi connectivity index (χ4v) is 6.13. The third kappa shape index (κ3) is 5.67. The number of hydrogen-bond acceptors (Lipinski definition) is 5. The third-order valence-electron chi connectivity index (χ3n) is 5.84. The number of fused-ring (bicyclic) bond motifs is 1. The maximum absolute atomic E-state index is 13.6. The molecular weight excluding hydrogens is 692 g/mol. The highest BCUT2D eigenvalue weighted by Gasteiger charge is 2.18. The zero-order valence-electron chi connectivity index (χ0n) is 20.9. The topological polar surface area (TPSA) is 65.7 Å². The highest BCUT2D eigenvalue weighted by atomic mass is 127. The fraction of sp³-hybridized carbons (Fsp3) is 0.207. The molecule has 0 aliphatic carbocycles. The monoisotopic (exact) mass is 717 g/mol. The Hall–Kier alpha value is -2.91. The lowest BCUT2D eigenvalue weighted by molar-refractivity contribution is 0.365. The van der Waals surface area contributed by atoms with Gasteiger partial charge in [0, 0.05) is 5.56 Å². The SMILES string of the molecule is C#CCOc1c(I)cc(C=Nn2c(-c3cc(C(C)C)c(OC)cc3C)nc3ccccc3c2=O)cc1I. The summed E-state index contributed by atoms with van der Waals surface area (Å²) in [4.78, 5) is 18.5. The third-order valence-corrected chi connectivity index (χ3v) is 7.44. The second-order valence-corrected chi connectivity index (χ2v) is 11.0. The van der Waals surface area contributed by atoms with E-state index in [-0.39, 0.29) is 18.1 Å². The van der Waals surface area contributed by atoms with Gasteiger partial charge in [0.1, 0.15) is 18.1 Å². The minimum Gasteiger partial charge on any atom is -0.496 e. The van der Waals surface area contributed by atoms with Crippen LogP contribution in [0.4, 0.5) is 0 Å². The van der Waals surface area contributed by atoms with Crippen LogP contribution in [0.1, 0.15) is 36.5 Å². The predicted molar refractivity (Wildman–Crippen MR) is 166 cm³/mol. The van der Waals surface area contributed by atoms with Crippen molar-refractivity contribution in [3.05, 3.63) is 82.7 Å². The van der Waals surface area contributed by atoms with Gasteiger partial charge in [0.2, 0.25) is 0 Å². The van der Waals surface area contributed by atoms with Crippen LogP contribution in [0.3, 0.4) is 0 Å². The molecule has 8 heteroatoms. The molecule has 0 amide bonds. The van der Waals surface area contributed by atoms with Crippen LogP contribution < -0.4 is 15.0 Å². The Balaban J connectivity index is 1.92. The second kappa shape index (κ2) is 11.6. The van der Waals surface area contributed by atoms with Gasteiger partial charge >= 0.3 is 0 Å². The smallest absolute Gasteiger partial charge is 0.282 e. The maximum atomic E-state index is 13.6. The van der Waals surface area contributed by atoms with E-state index >= 15 is 0 Å². The van der Waals surface area contributed by atoms with E-state index in [1.54, 1.807) is 19.4 Å². The number of nitrogens with zero attached hydrogens (tertiary/aromatic N) is 3. The molecule has 1 aromatic heterocycles. The maximum Gasteiger partial charge on any atom is 0.282 e. The van der Waals surface area contributed by atoms with Crippen molar-refractivity contribution in [2.75, 3.05) is 13.7 Å². The lowest BCUT2D eigenvalue weighted by Gasteiger charge is -2.17. The van der Waals surface area contributed by atoms with Gasteiger partial charge in [0.25, 0.3) is 5.56 Å². The Morgan fingerprint density at radius 1 is 1.16 bits per heavy atom. The molecule has 0 spiro atoms. The van der Waals surface area contributed by atoms with E-state index in [0.717, 1.165) is 40.9 Å². The van der Waals surface area contributed by atoms with Crippen molar-refractivity contribution in [3.8, 4) is 35.2 Å². The molecule has 0 saturated carbocycles. The van der Waals surface area contributed by atoms with Gasteiger partial charge in [-0.15, -0.1) is 6.42 Å². The summed E-state index contributed by atoms with van der Waals surface area (Å²) in [5.41, 5.74) is 4.00. The van der Waals surface area contributed by atoms with Crippen molar-refractivity contribution in [1.82, 2.24) is 9.66 Å². The normalized spacial score (nSPS) is 11.3. The average molecular weight is 717 g/mol. The molecule has 0 aliphatic rings. The summed E-state index contributed by atoms with van der Waals surface area (Å²) in [5.74, 6) is 4.73. The van der Waals surface area contributed by atoms with E-state index in [1.807, 2.05) is 49.4 Å². The zero-order valence-corrected chi connectivity index (χ0v) is 25.2. The highest BCUT2D eigenvalue weighted by Crippen LogP contribution is 2.34. The molecule has 0 radical (unpaired) electrons. The van der Waals surface area contributed by atoms with Crippen LogP contribution in [0, 0.1) is 26.4 Å². The van der Waals surface area contributed by atoms with E-state index in [0.29, 0.717) is 16.7 Å². The molecule has 0 atom stereocenters. The molecule has 0 fully saturated rings. The minimum absolute atomic E-state index is 0.195. The lowest BCUT2D eigenvalue weighted by atomic mass is 9.96. The Bertz CT molecular complexity index is 1590. The number of aromatic nitrogens is 2. The van der Waals surface area contributed by atoms with Crippen molar-refractivity contribution in [2.24, 2.45) is 5.10 Å². The Morgan fingerprint density at radius 3 is 2.51 bits per heavy atom. The van der Waals surface area contributed by atoms with Gasteiger partial charge < -0.3 is 9.47 Å². The van der Waals surface area contributed by atoms with Gasteiger partial charge in [0.15, 0.2) is 5.82 Å². The van der Waals surface area contributed by atoms with Crippen LogP contribution in [0.2, 0.25) is 0 Å². The lowest BCUT2D eigenvalue weighted by Crippen LogP contribution is -2.21. The Morgan fingerprint density at radius 2 is 1.86 bits per heavy atom. The van der Waals surface area contributed by atoms with E-state index in [4.69, 9.17) is 20.9 Å². The number of aryl methyl sites for hydroxylation is 1. The molecule has 188 valence electrons. The minimum atomic E-state index is -0.239. The summed E-state index contributed by atoms with van der Waals surface area (Å²) < 4.78 is 14.5. The standard InChI is InChI=1S/C29H25I2N3O3/c1-6-11-37-27-23(30)13-19(14-24(27)31)16-32-34-28(33-25-10-8-7-9-20(25)29(34)35)22-15-21(17(2)3)26(36-5)12-18(22)4/h1,7-10,12-17H,11H2,2-5H3. The molecule has 4 rings (SSSR count). The molecule has 37 heavy (non-hydrogen) atoms. The highest BCUT2D eigenvalue weighted by molar-refractivity contribution is 14.1. The quantitative estimate of drug-likeness (QED) is 0.123. The first-order chi connectivity index (χ1) is 17.7. The number of benzene rings is 3. The molecule has 3 aromatic carbocycles. The summed E-state index contributed by atoms with van der Waals surface area (Å²) in [7, 11) is 1.67. The van der Waals surface area contributed by atoms with Gasteiger partial charge in [-0.2, -0.15) is 9.78 Å². The van der Waals surface area contributed by atoms with Gasteiger partial charge in [-0.1, -0.05) is 31.9 Å². The van der Waals surface area contributed by atoms with Crippen LogP contribution in [-0.4, -0.2) is 29.6 Å². The zero-order chi connectivity index (χ0) is 26.7. The summed E-state index contributed by atoms with van der Waals surface area (Å²) in [5, 5.41) is 5.14. The van der Waals surface area contributed by atoms with Crippen molar-refractivity contribution in [1.29, 1.82) is 0 Å². The van der Waals surface area contributed by atoms with Crippen LogP contribution >= 0.6 is 45.2 Å². The first kappa shape index (κ1) is 27.1.